The van der Waals surface area contributed by atoms with Crippen molar-refractivity contribution in [3.05, 3.63) is 0 Å². The van der Waals surface area contributed by atoms with Crippen molar-refractivity contribution in [3.63, 3.8) is 0 Å². The highest BCUT2D eigenvalue weighted by Gasteiger charge is 2.35. The van der Waals surface area contributed by atoms with Gasteiger partial charge in [0.05, 0.1) is 13.2 Å². The number of ether oxygens (including phenoxy) is 1. The second kappa shape index (κ2) is 6.82. The Morgan fingerprint density at radius 2 is 1.94 bits per heavy atom. The Labute approximate surface area is 110 Å². The molecule has 0 bridgehead atoms. The Balaban J connectivity index is 1.82. The summed E-state index contributed by atoms with van der Waals surface area (Å²) in [5.41, 5.74) is 6.14. The van der Waals surface area contributed by atoms with Crippen molar-refractivity contribution in [2.75, 3.05) is 65.6 Å². The highest BCUT2D eigenvalue weighted by molar-refractivity contribution is 4.88. The molecule has 106 valence electrons. The smallest absolute Gasteiger partial charge is 0.0558 e. The number of rotatable bonds is 5. The zero-order valence-electron chi connectivity index (χ0n) is 11.3. The van der Waals surface area contributed by atoms with Crippen molar-refractivity contribution in [2.45, 2.75) is 12.8 Å². The summed E-state index contributed by atoms with van der Waals surface area (Å²) in [6.45, 7) is 8.93. The van der Waals surface area contributed by atoms with Gasteiger partial charge in [-0.15, -0.1) is 0 Å². The zero-order valence-corrected chi connectivity index (χ0v) is 11.3. The van der Waals surface area contributed by atoms with Crippen LogP contribution >= 0.6 is 0 Å². The van der Waals surface area contributed by atoms with Gasteiger partial charge in [-0.05, 0) is 25.9 Å². The second-order valence-corrected chi connectivity index (χ2v) is 5.70. The van der Waals surface area contributed by atoms with Gasteiger partial charge in [-0.25, -0.2) is 0 Å². The Hall–Kier alpha value is -0.200. The molecule has 2 aliphatic rings. The maximum Gasteiger partial charge on any atom is 0.0558 e. The van der Waals surface area contributed by atoms with Crippen LogP contribution in [0, 0.1) is 5.41 Å². The molecule has 0 saturated carbocycles. The van der Waals surface area contributed by atoms with Crippen molar-refractivity contribution >= 4 is 0 Å². The first-order valence-corrected chi connectivity index (χ1v) is 7.11. The van der Waals surface area contributed by atoms with E-state index in [1.165, 1.54) is 6.42 Å². The van der Waals surface area contributed by atoms with E-state index >= 15 is 0 Å². The summed E-state index contributed by atoms with van der Waals surface area (Å²) in [6, 6.07) is 0. The van der Waals surface area contributed by atoms with Crippen molar-refractivity contribution in [2.24, 2.45) is 11.1 Å². The summed E-state index contributed by atoms with van der Waals surface area (Å²) in [5, 5.41) is 9.00. The van der Waals surface area contributed by atoms with Gasteiger partial charge in [0.1, 0.15) is 0 Å². The zero-order chi connectivity index (χ0) is 12.8. The molecule has 0 radical (unpaired) electrons. The largest absolute Gasteiger partial charge is 0.395 e. The molecule has 0 aromatic rings. The molecule has 0 aromatic carbocycles. The van der Waals surface area contributed by atoms with Crippen LogP contribution in [0.25, 0.3) is 0 Å². The highest BCUT2D eigenvalue weighted by atomic mass is 16.5. The van der Waals surface area contributed by atoms with Gasteiger partial charge in [0.2, 0.25) is 0 Å². The fraction of sp³-hybridized carbons (Fsp3) is 1.00. The minimum absolute atomic E-state index is 0.187. The molecule has 1 unspecified atom stereocenters. The highest BCUT2D eigenvalue weighted by Crippen LogP contribution is 2.28. The molecule has 2 heterocycles. The van der Waals surface area contributed by atoms with Gasteiger partial charge in [-0.3, -0.25) is 4.90 Å². The van der Waals surface area contributed by atoms with Crippen LogP contribution in [0.1, 0.15) is 12.8 Å². The molecule has 2 fully saturated rings. The van der Waals surface area contributed by atoms with Gasteiger partial charge in [-0.1, -0.05) is 0 Å². The van der Waals surface area contributed by atoms with Crippen LogP contribution in [-0.2, 0) is 4.74 Å². The van der Waals surface area contributed by atoms with Crippen LogP contribution in [0.4, 0.5) is 0 Å². The summed E-state index contributed by atoms with van der Waals surface area (Å²) in [5.74, 6) is 0. The van der Waals surface area contributed by atoms with E-state index in [1.54, 1.807) is 0 Å². The van der Waals surface area contributed by atoms with Crippen molar-refractivity contribution < 1.29 is 9.84 Å². The SMILES string of the molecule is NCC1(CN2CCCN(CCO)CC2)CCOC1. The molecule has 0 aliphatic carbocycles. The van der Waals surface area contributed by atoms with E-state index in [9.17, 15) is 0 Å². The van der Waals surface area contributed by atoms with Crippen LogP contribution in [0.2, 0.25) is 0 Å². The molecule has 5 nitrogen and oxygen atoms in total. The first kappa shape index (κ1) is 14.2. The molecule has 0 amide bonds. The van der Waals surface area contributed by atoms with E-state index < -0.39 is 0 Å². The summed E-state index contributed by atoms with van der Waals surface area (Å²) < 4.78 is 5.53. The molecule has 2 aliphatic heterocycles. The third-order valence-electron chi connectivity index (χ3n) is 4.27. The summed E-state index contributed by atoms with van der Waals surface area (Å²) >= 11 is 0. The van der Waals surface area contributed by atoms with Crippen LogP contribution < -0.4 is 5.73 Å². The van der Waals surface area contributed by atoms with Gasteiger partial charge < -0.3 is 20.5 Å². The average Bonchev–Trinajstić information content (AvgIpc) is 2.74. The number of hydrogen-bond acceptors (Lipinski definition) is 5. The predicted molar refractivity (Wildman–Crippen MR) is 71.5 cm³/mol. The summed E-state index contributed by atoms with van der Waals surface area (Å²) in [6.07, 6.45) is 2.28. The Morgan fingerprint density at radius 1 is 1.17 bits per heavy atom. The molecule has 18 heavy (non-hydrogen) atoms. The predicted octanol–water partition coefficient (Wildman–Crippen LogP) is -0.648. The monoisotopic (exact) mass is 257 g/mol. The van der Waals surface area contributed by atoms with Crippen LogP contribution in [0.15, 0.2) is 0 Å². The van der Waals surface area contributed by atoms with Crippen molar-refractivity contribution in [1.29, 1.82) is 0 Å². The lowest BCUT2D eigenvalue weighted by atomic mass is 9.87. The molecule has 2 saturated heterocycles. The molecular formula is C13H27N3O2. The van der Waals surface area contributed by atoms with E-state index in [-0.39, 0.29) is 12.0 Å². The van der Waals surface area contributed by atoms with E-state index in [2.05, 4.69) is 9.80 Å². The first-order chi connectivity index (χ1) is 8.78. The molecular weight excluding hydrogens is 230 g/mol. The minimum atomic E-state index is 0.187. The van der Waals surface area contributed by atoms with Gasteiger partial charge >= 0.3 is 0 Å². The molecule has 2 rings (SSSR count). The average molecular weight is 257 g/mol. The maximum atomic E-state index is 9.00. The number of aliphatic hydroxyl groups excluding tert-OH is 1. The number of hydrogen-bond donors (Lipinski definition) is 2. The lowest BCUT2D eigenvalue weighted by molar-refractivity contribution is 0.115. The van der Waals surface area contributed by atoms with Gasteiger partial charge in [0, 0.05) is 44.7 Å². The lowest BCUT2D eigenvalue weighted by Gasteiger charge is -2.32. The van der Waals surface area contributed by atoms with Gasteiger partial charge in [0.25, 0.3) is 0 Å². The minimum Gasteiger partial charge on any atom is -0.395 e. The van der Waals surface area contributed by atoms with Crippen LogP contribution in [-0.4, -0.2) is 80.5 Å². The Bertz CT molecular complexity index is 244. The van der Waals surface area contributed by atoms with E-state index in [4.69, 9.17) is 15.6 Å². The van der Waals surface area contributed by atoms with E-state index in [0.29, 0.717) is 0 Å². The normalized spacial score (nSPS) is 31.7. The van der Waals surface area contributed by atoms with Crippen molar-refractivity contribution in [3.8, 4) is 0 Å². The van der Waals surface area contributed by atoms with Gasteiger partial charge in [0.15, 0.2) is 0 Å². The topological polar surface area (TPSA) is 62.0 Å². The number of nitrogens with zero attached hydrogens (tertiary/aromatic N) is 2. The molecule has 1 atom stereocenters. The second-order valence-electron chi connectivity index (χ2n) is 5.70. The van der Waals surface area contributed by atoms with Crippen molar-refractivity contribution in [1.82, 2.24) is 9.80 Å². The van der Waals surface area contributed by atoms with E-state index in [1.807, 2.05) is 0 Å². The fourth-order valence-electron chi connectivity index (χ4n) is 3.02. The van der Waals surface area contributed by atoms with Crippen LogP contribution in [0.5, 0.6) is 0 Å². The number of β-amino-alcohol motifs (C(OH)–C–C–N with tert-alkyl or cyclic N) is 1. The lowest BCUT2D eigenvalue weighted by Crippen LogP contribution is -2.44. The number of aliphatic hydroxyl groups is 1. The third-order valence-corrected chi connectivity index (χ3v) is 4.27. The number of nitrogens with two attached hydrogens (primary N) is 1. The third kappa shape index (κ3) is 3.65. The maximum absolute atomic E-state index is 9.00. The van der Waals surface area contributed by atoms with Gasteiger partial charge in [-0.2, -0.15) is 0 Å². The fourth-order valence-corrected chi connectivity index (χ4v) is 3.02. The Morgan fingerprint density at radius 3 is 2.61 bits per heavy atom. The summed E-state index contributed by atoms with van der Waals surface area (Å²) in [7, 11) is 0. The molecule has 3 N–H and O–H groups in total. The molecule has 0 spiro atoms. The quantitative estimate of drug-likeness (QED) is 0.685. The summed E-state index contributed by atoms with van der Waals surface area (Å²) in [4.78, 5) is 4.87. The van der Waals surface area contributed by atoms with E-state index in [0.717, 1.165) is 65.4 Å². The Kier molecular flexibility index (Phi) is 5.38. The molecule has 5 heteroatoms. The molecule has 0 aromatic heterocycles. The first-order valence-electron chi connectivity index (χ1n) is 7.11. The van der Waals surface area contributed by atoms with Crippen LogP contribution in [0.3, 0.4) is 0 Å². The standard InChI is InChI=1S/C13H27N3O2/c14-10-13(2-9-18-12-13)11-16-4-1-3-15(5-6-16)7-8-17/h17H,1-12,14H2.